The summed E-state index contributed by atoms with van der Waals surface area (Å²) in [6, 6.07) is 7.20. The predicted molar refractivity (Wildman–Crippen MR) is 56.3 cm³/mol. The third-order valence-corrected chi connectivity index (χ3v) is 1.80. The van der Waals surface area contributed by atoms with Gasteiger partial charge in [0.15, 0.2) is 0 Å². The van der Waals surface area contributed by atoms with Crippen LogP contribution in [0.4, 0.5) is 10.3 Å². The predicted octanol–water partition coefficient (Wildman–Crippen LogP) is 1.69. The lowest BCUT2D eigenvalue weighted by Crippen LogP contribution is -2.10. The first-order valence-electron chi connectivity index (χ1n) is 4.51. The molecule has 0 aliphatic carbocycles. The molecule has 0 aliphatic rings. The molecule has 0 aliphatic heterocycles. The van der Waals surface area contributed by atoms with Gasteiger partial charge in [0.05, 0.1) is 0 Å². The van der Waals surface area contributed by atoms with E-state index in [1.807, 2.05) is 0 Å². The fourth-order valence-corrected chi connectivity index (χ4v) is 1.09. The summed E-state index contributed by atoms with van der Waals surface area (Å²) in [5, 5.41) is 0. The summed E-state index contributed by atoms with van der Waals surface area (Å²) in [7, 11) is 0. The molecule has 5 nitrogen and oxygen atoms in total. The van der Waals surface area contributed by atoms with Gasteiger partial charge >= 0.3 is 0 Å². The van der Waals surface area contributed by atoms with Gasteiger partial charge in [-0.3, -0.25) is 5.43 Å². The molecule has 1 aromatic carbocycles. The maximum absolute atomic E-state index is 12.6. The van der Waals surface area contributed by atoms with Gasteiger partial charge in [-0.25, -0.2) is 15.2 Å². The van der Waals surface area contributed by atoms with Gasteiger partial charge in [0.2, 0.25) is 11.8 Å². The van der Waals surface area contributed by atoms with Crippen molar-refractivity contribution >= 4 is 5.95 Å². The molecule has 0 unspecified atom stereocenters. The molecular formula is C10H9FN4O. The number of halogens is 1. The average Bonchev–Trinajstić information content (AvgIpc) is 2.32. The van der Waals surface area contributed by atoms with Gasteiger partial charge in [0.1, 0.15) is 11.6 Å². The van der Waals surface area contributed by atoms with Crippen LogP contribution in [0.15, 0.2) is 36.5 Å². The van der Waals surface area contributed by atoms with Gasteiger partial charge in [0, 0.05) is 12.3 Å². The minimum Gasteiger partial charge on any atom is -0.439 e. The number of benzene rings is 1. The highest BCUT2D eigenvalue weighted by molar-refractivity contribution is 5.30. The Kier molecular flexibility index (Phi) is 2.93. The number of rotatable bonds is 3. The minimum atomic E-state index is -0.320. The Balaban J connectivity index is 2.16. The van der Waals surface area contributed by atoms with Crippen LogP contribution < -0.4 is 16.0 Å². The Hall–Kier alpha value is -2.21. The fourth-order valence-electron chi connectivity index (χ4n) is 1.09. The Morgan fingerprint density at radius 2 is 1.94 bits per heavy atom. The number of nitrogens with zero attached hydrogens (tertiary/aromatic N) is 2. The van der Waals surface area contributed by atoms with E-state index in [4.69, 9.17) is 10.6 Å². The Labute approximate surface area is 91.1 Å². The number of nitrogens with two attached hydrogens (primary N) is 1. The number of nitrogens with one attached hydrogen (secondary N) is 1. The lowest BCUT2D eigenvalue weighted by molar-refractivity contribution is 0.460. The normalized spacial score (nSPS) is 9.88. The van der Waals surface area contributed by atoms with E-state index in [9.17, 15) is 4.39 Å². The van der Waals surface area contributed by atoms with E-state index in [1.165, 1.54) is 30.5 Å². The number of hydrogen-bond acceptors (Lipinski definition) is 5. The van der Waals surface area contributed by atoms with Crippen molar-refractivity contribution in [2.24, 2.45) is 5.84 Å². The van der Waals surface area contributed by atoms with Crippen molar-refractivity contribution in [2.75, 3.05) is 5.43 Å². The van der Waals surface area contributed by atoms with Crippen LogP contribution >= 0.6 is 0 Å². The first kappa shape index (κ1) is 10.3. The SMILES string of the molecule is NNc1nccc(Oc2ccc(F)cc2)n1. The standard InChI is InChI=1S/C10H9FN4O/c11-7-1-3-8(4-2-7)16-9-5-6-13-10(14-9)15-12/h1-6H,12H2,(H,13,14,15). The highest BCUT2D eigenvalue weighted by Crippen LogP contribution is 2.19. The number of hydrogen-bond donors (Lipinski definition) is 2. The van der Waals surface area contributed by atoms with Gasteiger partial charge in [-0.2, -0.15) is 4.98 Å². The summed E-state index contributed by atoms with van der Waals surface area (Å²) >= 11 is 0. The van der Waals surface area contributed by atoms with Crippen molar-refractivity contribution < 1.29 is 9.13 Å². The molecule has 1 aromatic heterocycles. The Bertz CT molecular complexity index is 475. The molecule has 0 amide bonds. The summed E-state index contributed by atoms with van der Waals surface area (Å²) in [5.41, 5.74) is 2.30. The molecule has 16 heavy (non-hydrogen) atoms. The van der Waals surface area contributed by atoms with Crippen LogP contribution in [0.3, 0.4) is 0 Å². The monoisotopic (exact) mass is 220 g/mol. The van der Waals surface area contributed by atoms with E-state index in [-0.39, 0.29) is 11.8 Å². The van der Waals surface area contributed by atoms with Gasteiger partial charge in [-0.05, 0) is 24.3 Å². The van der Waals surface area contributed by atoms with Crippen LogP contribution in [-0.2, 0) is 0 Å². The number of anilines is 1. The van der Waals surface area contributed by atoms with E-state index in [1.54, 1.807) is 6.07 Å². The molecule has 0 spiro atoms. The van der Waals surface area contributed by atoms with Crippen molar-refractivity contribution in [3.63, 3.8) is 0 Å². The van der Waals surface area contributed by atoms with Crippen LogP contribution in [0.5, 0.6) is 11.6 Å². The third-order valence-electron chi connectivity index (χ3n) is 1.80. The van der Waals surface area contributed by atoms with Gasteiger partial charge in [-0.1, -0.05) is 0 Å². The summed E-state index contributed by atoms with van der Waals surface area (Å²) in [4.78, 5) is 7.77. The van der Waals surface area contributed by atoms with E-state index in [0.29, 0.717) is 11.6 Å². The quantitative estimate of drug-likeness (QED) is 0.608. The van der Waals surface area contributed by atoms with Crippen LogP contribution in [0, 0.1) is 5.82 Å². The molecule has 0 atom stereocenters. The Morgan fingerprint density at radius 3 is 2.62 bits per heavy atom. The van der Waals surface area contributed by atoms with Crippen molar-refractivity contribution in [2.45, 2.75) is 0 Å². The van der Waals surface area contributed by atoms with Gasteiger partial charge in [-0.15, -0.1) is 0 Å². The summed E-state index contributed by atoms with van der Waals surface area (Å²) in [6.07, 6.45) is 1.50. The maximum atomic E-state index is 12.6. The van der Waals surface area contributed by atoms with Crippen LogP contribution in [-0.4, -0.2) is 9.97 Å². The lowest BCUT2D eigenvalue weighted by atomic mass is 10.3. The first-order chi connectivity index (χ1) is 7.78. The molecule has 0 saturated carbocycles. The van der Waals surface area contributed by atoms with E-state index in [2.05, 4.69) is 15.4 Å². The number of ether oxygens (including phenoxy) is 1. The van der Waals surface area contributed by atoms with Crippen LogP contribution in [0.2, 0.25) is 0 Å². The molecule has 82 valence electrons. The number of hydrazine groups is 1. The zero-order valence-corrected chi connectivity index (χ0v) is 8.22. The van der Waals surface area contributed by atoms with Crippen molar-refractivity contribution in [3.05, 3.63) is 42.3 Å². The van der Waals surface area contributed by atoms with Crippen molar-refractivity contribution in [1.82, 2.24) is 9.97 Å². The lowest BCUT2D eigenvalue weighted by Gasteiger charge is -2.05. The molecule has 2 aromatic rings. The smallest absolute Gasteiger partial charge is 0.240 e. The first-order valence-corrected chi connectivity index (χ1v) is 4.51. The second kappa shape index (κ2) is 4.54. The van der Waals surface area contributed by atoms with Gasteiger partial charge < -0.3 is 4.74 Å². The van der Waals surface area contributed by atoms with E-state index in [0.717, 1.165) is 0 Å². The Morgan fingerprint density at radius 1 is 1.19 bits per heavy atom. The fraction of sp³-hybridized carbons (Fsp3) is 0. The largest absolute Gasteiger partial charge is 0.439 e. The summed E-state index contributed by atoms with van der Waals surface area (Å²) in [6.45, 7) is 0. The molecule has 0 bridgehead atoms. The second-order valence-corrected chi connectivity index (χ2v) is 2.92. The molecule has 0 radical (unpaired) electrons. The van der Waals surface area contributed by atoms with Crippen LogP contribution in [0.25, 0.3) is 0 Å². The zero-order valence-electron chi connectivity index (χ0n) is 8.22. The van der Waals surface area contributed by atoms with Crippen molar-refractivity contribution in [3.8, 4) is 11.6 Å². The highest BCUT2D eigenvalue weighted by Gasteiger charge is 2.00. The molecule has 1 heterocycles. The van der Waals surface area contributed by atoms with Crippen molar-refractivity contribution in [1.29, 1.82) is 0 Å². The average molecular weight is 220 g/mol. The molecule has 2 rings (SSSR count). The molecule has 0 saturated heterocycles. The van der Waals surface area contributed by atoms with E-state index < -0.39 is 0 Å². The maximum Gasteiger partial charge on any atom is 0.240 e. The summed E-state index contributed by atoms with van der Waals surface area (Å²) in [5.74, 6) is 5.90. The zero-order chi connectivity index (χ0) is 11.4. The number of aromatic nitrogens is 2. The molecule has 6 heteroatoms. The number of nitrogen functional groups attached to an aromatic ring is 1. The minimum absolute atomic E-state index is 0.250. The molecular weight excluding hydrogens is 211 g/mol. The topological polar surface area (TPSA) is 73.1 Å². The highest BCUT2D eigenvalue weighted by atomic mass is 19.1. The van der Waals surface area contributed by atoms with E-state index >= 15 is 0 Å². The summed E-state index contributed by atoms with van der Waals surface area (Å²) < 4.78 is 18.0. The second-order valence-electron chi connectivity index (χ2n) is 2.92. The van der Waals surface area contributed by atoms with Gasteiger partial charge in [0.25, 0.3) is 0 Å². The molecule has 0 fully saturated rings. The molecule has 3 N–H and O–H groups in total. The third kappa shape index (κ3) is 2.43. The van der Waals surface area contributed by atoms with Crippen LogP contribution in [0.1, 0.15) is 0 Å².